The second-order valence-corrected chi connectivity index (χ2v) is 5.40. The lowest BCUT2D eigenvalue weighted by Crippen LogP contribution is -2.42. The fourth-order valence-electron chi connectivity index (χ4n) is 2.57. The molecule has 2 amide bonds. The van der Waals surface area contributed by atoms with Crippen molar-refractivity contribution in [3.63, 3.8) is 0 Å². The Morgan fingerprint density at radius 3 is 2.91 bits per heavy atom. The van der Waals surface area contributed by atoms with Crippen LogP contribution < -0.4 is 10.6 Å². The van der Waals surface area contributed by atoms with Gasteiger partial charge in [0.25, 0.3) is 0 Å². The smallest absolute Gasteiger partial charge is 0.315 e. The molecule has 2 N–H and O–H groups in total. The molecule has 2 aromatic rings. The summed E-state index contributed by atoms with van der Waals surface area (Å²) in [7, 11) is 0. The van der Waals surface area contributed by atoms with E-state index < -0.39 is 0 Å². The van der Waals surface area contributed by atoms with Gasteiger partial charge < -0.3 is 15.1 Å². The molecular formula is C15H19N5O2. The Morgan fingerprint density at radius 2 is 2.14 bits per heavy atom. The van der Waals surface area contributed by atoms with Crippen LogP contribution in [-0.4, -0.2) is 27.3 Å². The van der Waals surface area contributed by atoms with Crippen molar-refractivity contribution in [3.05, 3.63) is 30.4 Å². The summed E-state index contributed by atoms with van der Waals surface area (Å²) in [5.41, 5.74) is 0.757. The Kier molecular flexibility index (Phi) is 4.62. The Morgan fingerprint density at radius 1 is 1.27 bits per heavy atom. The van der Waals surface area contributed by atoms with Gasteiger partial charge in [-0.15, -0.1) is 10.2 Å². The molecule has 22 heavy (non-hydrogen) atoms. The van der Waals surface area contributed by atoms with Crippen LogP contribution in [0.25, 0.3) is 11.5 Å². The van der Waals surface area contributed by atoms with Gasteiger partial charge >= 0.3 is 6.03 Å². The monoisotopic (exact) mass is 301 g/mol. The third-order valence-corrected chi connectivity index (χ3v) is 3.72. The van der Waals surface area contributed by atoms with Crippen LogP contribution >= 0.6 is 0 Å². The van der Waals surface area contributed by atoms with Crippen LogP contribution in [0.3, 0.4) is 0 Å². The molecule has 0 aliphatic heterocycles. The molecule has 2 heterocycles. The Labute approximate surface area is 128 Å². The van der Waals surface area contributed by atoms with E-state index in [-0.39, 0.29) is 18.6 Å². The summed E-state index contributed by atoms with van der Waals surface area (Å²) in [4.78, 5) is 15.8. The molecule has 1 saturated carbocycles. The maximum absolute atomic E-state index is 11.8. The lowest BCUT2D eigenvalue weighted by atomic mass is 9.96. The summed E-state index contributed by atoms with van der Waals surface area (Å²) in [6.07, 6.45) is 9.07. The van der Waals surface area contributed by atoms with Crippen molar-refractivity contribution >= 4 is 6.03 Å². The minimum Gasteiger partial charge on any atom is -0.419 e. The Hall–Kier alpha value is -2.44. The van der Waals surface area contributed by atoms with E-state index in [4.69, 9.17) is 4.42 Å². The molecule has 116 valence electrons. The molecule has 0 bridgehead atoms. The molecule has 0 saturated heterocycles. The number of amides is 2. The van der Waals surface area contributed by atoms with E-state index in [1.807, 2.05) is 6.07 Å². The van der Waals surface area contributed by atoms with Crippen molar-refractivity contribution in [2.24, 2.45) is 0 Å². The van der Waals surface area contributed by atoms with Crippen molar-refractivity contribution in [2.45, 2.75) is 44.7 Å². The van der Waals surface area contributed by atoms with Gasteiger partial charge in [-0.2, -0.15) is 0 Å². The average molecular weight is 301 g/mol. The highest BCUT2D eigenvalue weighted by molar-refractivity contribution is 5.74. The fraction of sp³-hybridized carbons (Fsp3) is 0.467. The van der Waals surface area contributed by atoms with Crippen LogP contribution in [0, 0.1) is 0 Å². The number of pyridine rings is 1. The van der Waals surface area contributed by atoms with Gasteiger partial charge in [-0.25, -0.2) is 4.79 Å². The standard InChI is InChI=1S/C15H19N5O2/c21-15(18-12-6-2-1-3-7-12)17-10-13-19-20-14(22-13)11-5-4-8-16-9-11/h4-5,8-9,12H,1-3,6-7,10H2,(H2,17,18,21). The first-order valence-electron chi connectivity index (χ1n) is 7.58. The predicted molar refractivity (Wildman–Crippen MR) is 79.8 cm³/mol. The zero-order valence-electron chi connectivity index (χ0n) is 12.3. The van der Waals surface area contributed by atoms with Gasteiger partial charge in [-0.05, 0) is 25.0 Å². The lowest BCUT2D eigenvalue weighted by molar-refractivity contribution is 0.231. The Balaban J connectivity index is 1.49. The number of carbonyl (C=O) groups excluding carboxylic acids is 1. The summed E-state index contributed by atoms with van der Waals surface area (Å²) >= 11 is 0. The van der Waals surface area contributed by atoms with Gasteiger partial charge in [-0.3, -0.25) is 4.98 Å². The largest absolute Gasteiger partial charge is 0.419 e. The van der Waals surface area contributed by atoms with Gasteiger partial charge in [0.15, 0.2) is 0 Å². The van der Waals surface area contributed by atoms with Crippen LogP contribution in [0.5, 0.6) is 0 Å². The van der Waals surface area contributed by atoms with Crippen molar-refractivity contribution < 1.29 is 9.21 Å². The van der Waals surface area contributed by atoms with Crippen LogP contribution in [0.2, 0.25) is 0 Å². The predicted octanol–water partition coefficient (Wildman–Crippen LogP) is 2.26. The highest BCUT2D eigenvalue weighted by Crippen LogP contribution is 2.17. The number of nitrogens with one attached hydrogen (secondary N) is 2. The summed E-state index contributed by atoms with van der Waals surface area (Å²) < 4.78 is 5.51. The van der Waals surface area contributed by atoms with E-state index in [0.29, 0.717) is 11.8 Å². The normalized spacial score (nSPS) is 15.5. The second-order valence-electron chi connectivity index (χ2n) is 5.40. The number of aromatic nitrogens is 3. The minimum absolute atomic E-state index is 0.187. The third kappa shape index (κ3) is 3.81. The van der Waals surface area contributed by atoms with E-state index in [1.165, 1.54) is 19.3 Å². The third-order valence-electron chi connectivity index (χ3n) is 3.72. The zero-order valence-corrected chi connectivity index (χ0v) is 12.3. The van der Waals surface area contributed by atoms with Crippen molar-refractivity contribution in [3.8, 4) is 11.5 Å². The molecule has 0 radical (unpaired) electrons. The zero-order chi connectivity index (χ0) is 15.2. The number of rotatable bonds is 4. The number of nitrogens with zero attached hydrogens (tertiary/aromatic N) is 3. The topological polar surface area (TPSA) is 92.9 Å². The highest BCUT2D eigenvalue weighted by atomic mass is 16.4. The number of urea groups is 1. The first-order valence-corrected chi connectivity index (χ1v) is 7.58. The molecule has 0 unspecified atom stereocenters. The van der Waals surface area contributed by atoms with Gasteiger partial charge in [-0.1, -0.05) is 19.3 Å². The first kappa shape index (κ1) is 14.5. The van der Waals surface area contributed by atoms with E-state index in [2.05, 4.69) is 25.8 Å². The van der Waals surface area contributed by atoms with Crippen LogP contribution in [0.15, 0.2) is 28.9 Å². The van der Waals surface area contributed by atoms with Crippen molar-refractivity contribution in [1.29, 1.82) is 0 Å². The van der Waals surface area contributed by atoms with E-state index in [0.717, 1.165) is 18.4 Å². The maximum Gasteiger partial charge on any atom is 0.315 e. The molecule has 0 atom stereocenters. The molecular weight excluding hydrogens is 282 g/mol. The van der Waals surface area contributed by atoms with Gasteiger partial charge in [0.2, 0.25) is 11.8 Å². The molecule has 7 heteroatoms. The summed E-state index contributed by atoms with van der Waals surface area (Å²) in [6, 6.07) is 3.73. The van der Waals surface area contributed by atoms with Gasteiger partial charge in [0.1, 0.15) is 0 Å². The molecule has 1 aliphatic rings. The molecule has 0 spiro atoms. The number of hydrogen-bond donors (Lipinski definition) is 2. The average Bonchev–Trinajstić information content (AvgIpc) is 3.04. The van der Waals surface area contributed by atoms with Crippen LogP contribution in [0.1, 0.15) is 38.0 Å². The minimum atomic E-state index is -0.187. The lowest BCUT2D eigenvalue weighted by Gasteiger charge is -2.22. The highest BCUT2D eigenvalue weighted by Gasteiger charge is 2.16. The molecule has 7 nitrogen and oxygen atoms in total. The number of hydrogen-bond acceptors (Lipinski definition) is 5. The van der Waals surface area contributed by atoms with Gasteiger partial charge in [0, 0.05) is 18.4 Å². The first-order chi connectivity index (χ1) is 10.8. The van der Waals surface area contributed by atoms with Crippen LogP contribution in [-0.2, 0) is 6.54 Å². The quantitative estimate of drug-likeness (QED) is 0.903. The fourth-order valence-corrected chi connectivity index (χ4v) is 2.57. The summed E-state index contributed by atoms with van der Waals surface area (Å²) in [5.74, 6) is 0.773. The van der Waals surface area contributed by atoms with Crippen molar-refractivity contribution in [2.75, 3.05) is 0 Å². The molecule has 2 aromatic heterocycles. The van der Waals surface area contributed by atoms with Crippen molar-refractivity contribution in [1.82, 2.24) is 25.8 Å². The number of carbonyl (C=O) groups is 1. The van der Waals surface area contributed by atoms with E-state index in [9.17, 15) is 4.79 Å². The van der Waals surface area contributed by atoms with E-state index in [1.54, 1.807) is 18.5 Å². The van der Waals surface area contributed by atoms with E-state index >= 15 is 0 Å². The van der Waals surface area contributed by atoms with Gasteiger partial charge in [0.05, 0.1) is 12.1 Å². The summed E-state index contributed by atoms with van der Waals surface area (Å²) in [6.45, 7) is 0.214. The summed E-state index contributed by atoms with van der Waals surface area (Å²) in [5, 5.41) is 13.6. The molecule has 0 aromatic carbocycles. The second kappa shape index (κ2) is 7.02. The van der Waals surface area contributed by atoms with Crippen LogP contribution in [0.4, 0.5) is 4.79 Å². The molecule has 1 fully saturated rings. The maximum atomic E-state index is 11.8. The molecule has 3 rings (SSSR count). The SMILES string of the molecule is O=C(NCc1nnc(-c2cccnc2)o1)NC1CCCCC1. The molecule has 1 aliphatic carbocycles. The Bertz CT molecular complexity index is 607.